The van der Waals surface area contributed by atoms with E-state index in [9.17, 15) is 14.9 Å². The van der Waals surface area contributed by atoms with Gasteiger partial charge in [-0.1, -0.05) is 0 Å². The van der Waals surface area contributed by atoms with Crippen molar-refractivity contribution in [3.63, 3.8) is 0 Å². The Kier molecular flexibility index (Phi) is 3.28. The van der Waals surface area contributed by atoms with E-state index in [1.54, 1.807) is 0 Å². The molecule has 1 heterocycles. The highest BCUT2D eigenvalue weighted by Gasteiger charge is 2.26. The summed E-state index contributed by atoms with van der Waals surface area (Å²) in [5, 5.41) is 21.8. The Morgan fingerprint density at radius 2 is 2.25 bits per heavy atom. The summed E-state index contributed by atoms with van der Waals surface area (Å²) in [5.41, 5.74) is -1.11. The number of carboxylic acid groups (broad SMARTS) is 1. The highest BCUT2D eigenvalue weighted by Crippen LogP contribution is 2.16. The van der Waals surface area contributed by atoms with E-state index in [-0.39, 0.29) is 12.4 Å². The van der Waals surface area contributed by atoms with Gasteiger partial charge in [0.05, 0.1) is 12.6 Å². The quantitative estimate of drug-likeness (QED) is 0.578. The molecule has 0 amide bonds. The topological polar surface area (TPSA) is 106 Å². The van der Waals surface area contributed by atoms with E-state index in [1.807, 2.05) is 0 Å². The lowest BCUT2D eigenvalue weighted by atomic mass is 10.1. The summed E-state index contributed by atoms with van der Waals surface area (Å²) in [6.45, 7) is 3.10. The number of nitrogens with zero attached hydrogens (tertiary/aromatic N) is 1. The number of aliphatic carboxylic acids is 1. The number of carboxylic acids is 1. The maximum Gasteiger partial charge on any atom is 0.433 e. The van der Waals surface area contributed by atoms with Crippen LogP contribution in [-0.4, -0.2) is 21.5 Å². The van der Waals surface area contributed by atoms with Crippen molar-refractivity contribution in [2.24, 2.45) is 0 Å². The summed E-state index contributed by atoms with van der Waals surface area (Å²) < 4.78 is 4.87. The first-order valence-corrected chi connectivity index (χ1v) is 4.54. The standard InChI is InChI=1S/C9H12N2O5/c1-9(2,8(12)13)10-5-6-3-4-7(16-6)11(14)15/h3-4,10H,5H2,1-2H3,(H,12,13). The molecule has 1 aromatic heterocycles. The van der Waals surface area contributed by atoms with Crippen molar-refractivity contribution in [3.8, 4) is 0 Å². The molecule has 0 bridgehead atoms. The predicted octanol–water partition coefficient (Wildman–Crippen LogP) is 1.14. The van der Waals surface area contributed by atoms with Crippen LogP contribution in [0.25, 0.3) is 0 Å². The summed E-state index contributed by atoms with van der Waals surface area (Å²) >= 11 is 0. The van der Waals surface area contributed by atoms with Gasteiger partial charge in [-0.3, -0.25) is 20.2 Å². The SMILES string of the molecule is CC(C)(NCc1ccc([N+](=O)[O-])o1)C(=O)O. The zero-order valence-corrected chi connectivity index (χ0v) is 8.89. The minimum Gasteiger partial charge on any atom is -0.480 e. The van der Waals surface area contributed by atoms with Crippen molar-refractivity contribution in [2.75, 3.05) is 0 Å². The fourth-order valence-corrected chi connectivity index (χ4v) is 0.943. The van der Waals surface area contributed by atoms with Gasteiger partial charge in [-0.15, -0.1) is 0 Å². The van der Waals surface area contributed by atoms with Crippen LogP contribution in [0, 0.1) is 10.1 Å². The minimum atomic E-state index is -1.11. The first kappa shape index (κ1) is 12.2. The van der Waals surface area contributed by atoms with E-state index in [1.165, 1.54) is 26.0 Å². The van der Waals surface area contributed by atoms with Crippen molar-refractivity contribution in [1.82, 2.24) is 5.32 Å². The Balaban J connectivity index is 2.61. The monoisotopic (exact) mass is 228 g/mol. The number of carbonyl (C=O) groups is 1. The molecule has 0 fully saturated rings. The molecule has 0 aliphatic rings. The maximum atomic E-state index is 10.8. The van der Waals surface area contributed by atoms with Crippen molar-refractivity contribution < 1.29 is 19.2 Å². The average molecular weight is 228 g/mol. The number of nitrogens with one attached hydrogen (secondary N) is 1. The summed E-state index contributed by atoms with van der Waals surface area (Å²) in [6, 6.07) is 2.66. The zero-order chi connectivity index (χ0) is 12.3. The smallest absolute Gasteiger partial charge is 0.433 e. The van der Waals surface area contributed by atoms with Crippen LogP contribution in [0.2, 0.25) is 0 Å². The van der Waals surface area contributed by atoms with Crippen LogP contribution in [0.15, 0.2) is 16.5 Å². The van der Waals surface area contributed by atoms with Gasteiger partial charge < -0.3 is 9.52 Å². The fourth-order valence-electron chi connectivity index (χ4n) is 0.943. The number of furan rings is 1. The predicted molar refractivity (Wildman–Crippen MR) is 53.9 cm³/mol. The third-order valence-electron chi connectivity index (χ3n) is 2.07. The maximum absolute atomic E-state index is 10.8. The molecule has 0 aromatic carbocycles. The van der Waals surface area contributed by atoms with E-state index in [0.29, 0.717) is 5.76 Å². The lowest BCUT2D eigenvalue weighted by Crippen LogP contribution is -2.46. The molecule has 0 radical (unpaired) electrons. The molecule has 16 heavy (non-hydrogen) atoms. The van der Waals surface area contributed by atoms with Gasteiger partial charge in [0, 0.05) is 0 Å². The molecular formula is C9H12N2O5. The molecule has 0 saturated heterocycles. The van der Waals surface area contributed by atoms with E-state index < -0.39 is 16.4 Å². The van der Waals surface area contributed by atoms with Gasteiger partial charge in [-0.2, -0.15) is 0 Å². The second kappa shape index (κ2) is 4.31. The normalized spacial score (nSPS) is 11.4. The Morgan fingerprint density at radius 1 is 1.62 bits per heavy atom. The fraction of sp³-hybridized carbons (Fsp3) is 0.444. The molecule has 0 spiro atoms. The van der Waals surface area contributed by atoms with E-state index >= 15 is 0 Å². The van der Waals surface area contributed by atoms with Gasteiger partial charge in [0.2, 0.25) is 0 Å². The molecule has 0 atom stereocenters. The second-order valence-corrected chi connectivity index (χ2v) is 3.78. The van der Waals surface area contributed by atoms with Gasteiger partial charge >= 0.3 is 11.9 Å². The van der Waals surface area contributed by atoms with E-state index in [4.69, 9.17) is 9.52 Å². The van der Waals surface area contributed by atoms with Crippen LogP contribution >= 0.6 is 0 Å². The van der Waals surface area contributed by atoms with Crippen LogP contribution in [0.4, 0.5) is 5.88 Å². The van der Waals surface area contributed by atoms with E-state index in [0.717, 1.165) is 0 Å². The summed E-state index contributed by atoms with van der Waals surface area (Å²) in [5.74, 6) is -1.04. The van der Waals surface area contributed by atoms with Crippen molar-refractivity contribution in [2.45, 2.75) is 25.9 Å². The lowest BCUT2D eigenvalue weighted by molar-refractivity contribution is -0.402. The van der Waals surface area contributed by atoms with E-state index in [2.05, 4.69) is 5.32 Å². The number of hydrogen-bond acceptors (Lipinski definition) is 5. The number of hydrogen-bond donors (Lipinski definition) is 2. The zero-order valence-electron chi connectivity index (χ0n) is 8.89. The molecular weight excluding hydrogens is 216 g/mol. The summed E-state index contributed by atoms with van der Waals surface area (Å²) in [7, 11) is 0. The van der Waals surface area contributed by atoms with Crippen molar-refractivity contribution in [1.29, 1.82) is 0 Å². The summed E-state index contributed by atoms with van der Waals surface area (Å²) in [4.78, 5) is 20.4. The Labute approximate surface area is 91.2 Å². The highest BCUT2D eigenvalue weighted by molar-refractivity contribution is 5.77. The molecule has 0 aliphatic carbocycles. The number of rotatable bonds is 5. The van der Waals surface area contributed by atoms with Crippen LogP contribution in [0.3, 0.4) is 0 Å². The van der Waals surface area contributed by atoms with Gasteiger partial charge in [0.25, 0.3) is 0 Å². The number of nitro groups is 1. The minimum absolute atomic E-state index is 0.118. The summed E-state index contributed by atoms with van der Waals surface area (Å²) in [6.07, 6.45) is 0. The van der Waals surface area contributed by atoms with Crippen LogP contribution in [-0.2, 0) is 11.3 Å². The molecule has 7 heteroatoms. The Bertz CT molecular complexity index is 410. The van der Waals surface area contributed by atoms with Crippen molar-refractivity contribution in [3.05, 3.63) is 28.0 Å². The molecule has 88 valence electrons. The first-order chi connectivity index (χ1) is 7.33. The van der Waals surface area contributed by atoms with Gasteiger partial charge in [0.1, 0.15) is 16.2 Å². The van der Waals surface area contributed by atoms with Crippen molar-refractivity contribution >= 4 is 11.9 Å². The molecule has 1 aromatic rings. The molecule has 0 unspecified atom stereocenters. The Hall–Kier alpha value is -1.89. The molecule has 1 rings (SSSR count). The third-order valence-corrected chi connectivity index (χ3v) is 2.07. The lowest BCUT2D eigenvalue weighted by Gasteiger charge is -2.19. The van der Waals surface area contributed by atoms with Gasteiger partial charge in [-0.05, 0) is 19.9 Å². The molecule has 7 nitrogen and oxygen atoms in total. The van der Waals surface area contributed by atoms with Crippen LogP contribution in [0.5, 0.6) is 0 Å². The molecule has 2 N–H and O–H groups in total. The second-order valence-electron chi connectivity index (χ2n) is 3.78. The average Bonchev–Trinajstić information content (AvgIpc) is 2.63. The molecule has 0 aliphatic heterocycles. The van der Waals surface area contributed by atoms with Gasteiger partial charge in [0.15, 0.2) is 0 Å². The molecule has 0 saturated carbocycles. The third kappa shape index (κ3) is 2.80. The Morgan fingerprint density at radius 3 is 2.69 bits per heavy atom. The largest absolute Gasteiger partial charge is 0.480 e. The first-order valence-electron chi connectivity index (χ1n) is 4.54. The van der Waals surface area contributed by atoms with Gasteiger partial charge in [-0.25, -0.2) is 0 Å². The van der Waals surface area contributed by atoms with Crippen LogP contribution < -0.4 is 5.32 Å². The highest BCUT2D eigenvalue weighted by atomic mass is 16.6. The van der Waals surface area contributed by atoms with Crippen LogP contribution in [0.1, 0.15) is 19.6 Å².